The molecule has 1 atom stereocenters. The van der Waals surface area contributed by atoms with Crippen molar-refractivity contribution in [3.63, 3.8) is 0 Å². The fraction of sp³-hybridized carbons (Fsp3) is 0.462. The van der Waals surface area contributed by atoms with Crippen LogP contribution in [0.2, 0.25) is 0 Å². The number of phenolic OH excluding ortho intramolecular Hbond substituents is 1. The van der Waals surface area contributed by atoms with E-state index >= 15 is 0 Å². The number of aliphatic hydroxyl groups excluding tert-OH is 1. The first-order valence-electron chi connectivity index (χ1n) is 5.96. The summed E-state index contributed by atoms with van der Waals surface area (Å²) in [5.41, 5.74) is 2.12. The Balaban J connectivity index is 2.53. The van der Waals surface area contributed by atoms with Crippen molar-refractivity contribution in [2.24, 2.45) is 0 Å². The van der Waals surface area contributed by atoms with E-state index in [9.17, 15) is 15.0 Å². The molecule has 18 heavy (non-hydrogen) atoms. The van der Waals surface area contributed by atoms with Crippen molar-refractivity contribution in [1.29, 1.82) is 0 Å². The van der Waals surface area contributed by atoms with Crippen LogP contribution in [0.5, 0.6) is 5.75 Å². The number of aryl methyl sites for hydroxylation is 1. The smallest absolute Gasteiger partial charge is 0.337 e. The van der Waals surface area contributed by atoms with Crippen LogP contribution in [0, 0.1) is 0 Å². The molecule has 1 unspecified atom stereocenters. The average Bonchev–Trinajstić information content (AvgIpc) is 2.58. The monoisotopic (exact) mass is 314 g/mol. The van der Waals surface area contributed by atoms with Gasteiger partial charge < -0.3 is 15.3 Å². The number of aliphatic hydroxyl groups is 1. The first-order valence-corrected chi connectivity index (χ1v) is 6.75. The SMILES string of the molecule is O=C(O)C(O)c1cc2c(c(Br)c1O)CCCCC2. The molecule has 5 heteroatoms. The van der Waals surface area contributed by atoms with E-state index in [0.717, 1.165) is 43.2 Å². The fourth-order valence-electron chi connectivity index (χ4n) is 2.38. The van der Waals surface area contributed by atoms with Gasteiger partial charge in [0, 0.05) is 5.56 Å². The summed E-state index contributed by atoms with van der Waals surface area (Å²) in [7, 11) is 0. The number of hydrogen-bond acceptors (Lipinski definition) is 3. The molecule has 0 fully saturated rings. The lowest BCUT2D eigenvalue weighted by Crippen LogP contribution is -2.12. The predicted octanol–water partition coefficient (Wildman–Crippen LogP) is 2.54. The molecule has 1 aromatic rings. The zero-order valence-corrected chi connectivity index (χ0v) is 11.4. The van der Waals surface area contributed by atoms with Gasteiger partial charge >= 0.3 is 5.97 Å². The summed E-state index contributed by atoms with van der Waals surface area (Å²) in [6, 6.07) is 1.62. The van der Waals surface area contributed by atoms with Gasteiger partial charge in [0.05, 0.1) is 4.47 Å². The highest BCUT2D eigenvalue weighted by Gasteiger charge is 2.25. The Morgan fingerprint density at radius 2 is 1.94 bits per heavy atom. The Labute approximate surface area is 113 Å². The maximum absolute atomic E-state index is 10.8. The van der Waals surface area contributed by atoms with E-state index in [-0.39, 0.29) is 11.3 Å². The Bertz CT molecular complexity index is 484. The van der Waals surface area contributed by atoms with Crippen LogP contribution in [0.3, 0.4) is 0 Å². The molecule has 1 aliphatic carbocycles. The molecule has 0 amide bonds. The highest BCUT2D eigenvalue weighted by molar-refractivity contribution is 9.10. The minimum atomic E-state index is -1.69. The van der Waals surface area contributed by atoms with Crippen LogP contribution in [-0.4, -0.2) is 21.3 Å². The van der Waals surface area contributed by atoms with Gasteiger partial charge in [-0.05, 0) is 58.8 Å². The summed E-state index contributed by atoms with van der Waals surface area (Å²) >= 11 is 3.31. The third-order valence-electron chi connectivity index (χ3n) is 3.37. The van der Waals surface area contributed by atoms with E-state index in [1.54, 1.807) is 6.07 Å². The topological polar surface area (TPSA) is 77.8 Å². The number of fused-ring (bicyclic) bond motifs is 1. The molecule has 1 aromatic carbocycles. The van der Waals surface area contributed by atoms with Crippen LogP contribution in [0.25, 0.3) is 0 Å². The Kier molecular flexibility index (Phi) is 3.92. The molecular weight excluding hydrogens is 300 g/mol. The summed E-state index contributed by atoms with van der Waals surface area (Å²) in [6.45, 7) is 0. The molecule has 98 valence electrons. The number of benzene rings is 1. The average molecular weight is 315 g/mol. The first kappa shape index (κ1) is 13.4. The van der Waals surface area contributed by atoms with Gasteiger partial charge in [-0.25, -0.2) is 4.79 Å². The number of halogens is 1. The quantitative estimate of drug-likeness (QED) is 0.733. The third-order valence-corrected chi connectivity index (χ3v) is 4.22. The second-order valence-corrected chi connectivity index (χ2v) is 5.36. The molecule has 0 bridgehead atoms. The molecular formula is C13H15BrO4. The molecule has 3 N–H and O–H groups in total. The van der Waals surface area contributed by atoms with E-state index in [1.165, 1.54) is 0 Å². The van der Waals surface area contributed by atoms with Gasteiger partial charge in [0.15, 0.2) is 6.10 Å². The van der Waals surface area contributed by atoms with Gasteiger partial charge in [0.2, 0.25) is 0 Å². The largest absolute Gasteiger partial charge is 0.506 e. The molecule has 0 heterocycles. The fourth-order valence-corrected chi connectivity index (χ4v) is 3.06. The van der Waals surface area contributed by atoms with Crippen molar-refractivity contribution < 1.29 is 20.1 Å². The Hall–Kier alpha value is -1.07. The van der Waals surface area contributed by atoms with E-state index < -0.39 is 12.1 Å². The van der Waals surface area contributed by atoms with Crippen LogP contribution < -0.4 is 0 Å². The lowest BCUT2D eigenvalue weighted by molar-refractivity contribution is -0.147. The lowest BCUT2D eigenvalue weighted by Gasteiger charge is -2.16. The molecule has 0 saturated carbocycles. The van der Waals surface area contributed by atoms with Gasteiger partial charge in [-0.2, -0.15) is 0 Å². The van der Waals surface area contributed by atoms with Crippen molar-refractivity contribution in [3.05, 3.63) is 27.2 Å². The summed E-state index contributed by atoms with van der Waals surface area (Å²) in [6.07, 6.45) is 3.27. The highest BCUT2D eigenvalue weighted by Crippen LogP contribution is 2.39. The number of carboxylic acids is 1. The zero-order valence-electron chi connectivity index (χ0n) is 9.82. The number of aliphatic carboxylic acids is 1. The number of rotatable bonds is 2. The van der Waals surface area contributed by atoms with Gasteiger partial charge in [-0.15, -0.1) is 0 Å². The van der Waals surface area contributed by atoms with E-state index in [2.05, 4.69) is 15.9 Å². The van der Waals surface area contributed by atoms with Crippen LogP contribution in [0.4, 0.5) is 0 Å². The minimum absolute atomic E-state index is 0.0648. The molecule has 0 aromatic heterocycles. The first-order chi connectivity index (χ1) is 8.52. The number of carbonyl (C=O) groups is 1. The molecule has 0 aliphatic heterocycles. The number of carboxylic acid groups (broad SMARTS) is 1. The molecule has 4 nitrogen and oxygen atoms in total. The molecule has 1 aliphatic rings. The Morgan fingerprint density at radius 1 is 1.28 bits per heavy atom. The van der Waals surface area contributed by atoms with Crippen molar-refractivity contribution in [1.82, 2.24) is 0 Å². The van der Waals surface area contributed by atoms with Crippen molar-refractivity contribution >= 4 is 21.9 Å². The molecule has 0 radical (unpaired) electrons. The van der Waals surface area contributed by atoms with Gasteiger partial charge in [-0.3, -0.25) is 0 Å². The standard InChI is InChI=1S/C13H15BrO4/c14-10-8-5-3-1-2-4-7(8)6-9(11(10)15)12(16)13(17)18/h6,12,15-16H,1-5H2,(H,17,18). The lowest BCUT2D eigenvalue weighted by atomic mass is 9.96. The number of aromatic hydroxyl groups is 1. The van der Waals surface area contributed by atoms with Crippen LogP contribution in [-0.2, 0) is 17.6 Å². The summed E-state index contributed by atoms with van der Waals surface area (Å²) in [5.74, 6) is -1.52. The third kappa shape index (κ3) is 2.37. The van der Waals surface area contributed by atoms with Crippen molar-refractivity contribution in [3.8, 4) is 5.75 Å². The van der Waals surface area contributed by atoms with Crippen LogP contribution >= 0.6 is 15.9 Å². The number of phenols is 1. The number of hydrogen-bond donors (Lipinski definition) is 3. The molecule has 0 spiro atoms. The molecule has 2 rings (SSSR count). The normalized spacial score (nSPS) is 16.8. The highest BCUT2D eigenvalue weighted by atomic mass is 79.9. The van der Waals surface area contributed by atoms with Crippen molar-refractivity contribution in [2.75, 3.05) is 0 Å². The summed E-state index contributed by atoms with van der Waals surface area (Å²) < 4.78 is 0.525. The summed E-state index contributed by atoms with van der Waals surface area (Å²) in [4.78, 5) is 10.8. The van der Waals surface area contributed by atoms with E-state index in [0.29, 0.717) is 4.47 Å². The van der Waals surface area contributed by atoms with E-state index in [4.69, 9.17) is 5.11 Å². The maximum Gasteiger partial charge on any atom is 0.337 e. The van der Waals surface area contributed by atoms with Gasteiger partial charge in [0.25, 0.3) is 0 Å². The predicted molar refractivity (Wildman–Crippen MR) is 69.7 cm³/mol. The van der Waals surface area contributed by atoms with E-state index in [1.807, 2.05) is 0 Å². The molecule has 0 saturated heterocycles. The van der Waals surface area contributed by atoms with Crippen molar-refractivity contribution in [2.45, 2.75) is 38.2 Å². The second kappa shape index (κ2) is 5.28. The second-order valence-electron chi connectivity index (χ2n) is 4.57. The van der Waals surface area contributed by atoms with Crippen LogP contribution in [0.1, 0.15) is 42.1 Å². The zero-order chi connectivity index (χ0) is 13.3. The van der Waals surface area contributed by atoms with Gasteiger partial charge in [-0.1, -0.05) is 6.42 Å². The minimum Gasteiger partial charge on any atom is -0.506 e. The Morgan fingerprint density at radius 3 is 2.61 bits per heavy atom. The maximum atomic E-state index is 10.8. The van der Waals surface area contributed by atoms with Gasteiger partial charge in [0.1, 0.15) is 5.75 Å². The summed E-state index contributed by atoms with van der Waals surface area (Å²) in [5, 5.41) is 28.4. The van der Waals surface area contributed by atoms with Crippen LogP contribution in [0.15, 0.2) is 10.5 Å².